The van der Waals surface area contributed by atoms with Crippen LogP contribution >= 0.6 is 0 Å². The summed E-state index contributed by atoms with van der Waals surface area (Å²) < 4.78 is 23.5. The van der Waals surface area contributed by atoms with Gasteiger partial charge in [-0.25, -0.2) is 8.42 Å². The molecule has 0 aromatic heterocycles. The fourth-order valence-electron chi connectivity index (χ4n) is 3.26. The van der Waals surface area contributed by atoms with E-state index in [1.54, 1.807) is 23.1 Å². The number of carbonyl (C=O) groups is 1. The van der Waals surface area contributed by atoms with E-state index in [4.69, 9.17) is 0 Å². The van der Waals surface area contributed by atoms with Gasteiger partial charge in [-0.3, -0.25) is 9.80 Å². The first kappa shape index (κ1) is 17.7. The lowest BCUT2D eigenvalue weighted by atomic mass is 10.1. The van der Waals surface area contributed by atoms with Crippen LogP contribution in [0.2, 0.25) is 0 Å². The Morgan fingerprint density at radius 1 is 1.40 bits per heavy atom. The van der Waals surface area contributed by atoms with Crippen LogP contribution in [0.1, 0.15) is 30.1 Å². The summed E-state index contributed by atoms with van der Waals surface area (Å²) >= 11 is 0. The summed E-state index contributed by atoms with van der Waals surface area (Å²) in [6, 6.07) is 7.04. The summed E-state index contributed by atoms with van der Waals surface area (Å²) in [5.74, 6) is 0.0191. The van der Waals surface area contributed by atoms with E-state index in [9.17, 15) is 13.2 Å². The van der Waals surface area contributed by atoms with Gasteiger partial charge in [-0.2, -0.15) is 5.10 Å². The van der Waals surface area contributed by atoms with Crippen LogP contribution in [-0.4, -0.2) is 55.6 Å². The van der Waals surface area contributed by atoms with E-state index in [1.807, 2.05) is 24.1 Å². The first-order chi connectivity index (χ1) is 11.9. The zero-order valence-electron chi connectivity index (χ0n) is 14.4. The number of sulfone groups is 1. The van der Waals surface area contributed by atoms with Crippen molar-refractivity contribution in [1.29, 1.82) is 0 Å². The topological polar surface area (TPSA) is 70.1 Å². The zero-order valence-corrected chi connectivity index (χ0v) is 15.2. The van der Waals surface area contributed by atoms with Crippen molar-refractivity contribution in [3.8, 4) is 0 Å². The highest BCUT2D eigenvalue weighted by Gasteiger charge is 2.34. The quantitative estimate of drug-likeness (QED) is 0.753. The molecule has 2 aliphatic heterocycles. The maximum atomic E-state index is 12.9. The Labute approximate surface area is 148 Å². The molecule has 2 aliphatic rings. The van der Waals surface area contributed by atoms with Crippen molar-refractivity contribution in [2.45, 2.75) is 25.8 Å². The first-order valence-corrected chi connectivity index (χ1v) is 10.3. The number of hydrogen-bond acceptors (Lipinski definition) is 5. The van der Waals surface area contributed by atoms with E-state index < -0.39 is 9.84 Å². The number of nitrogens with zero attached hydrogens (tertiary/aromatic N) is 3. The number of hydrazone groups is 1. The summed E-state index contributed by atoms with van der Waals surface area (Å²) in [6.07, 6.45) is 3.07. The fourth-order valence-corrected chi connectivity index (χ4v) is 4.99. The van der Waals surface area contributed by atoms with Gasteiger partial charge in [0, 0.05) is 36.8 Å². The van der Waals surface area contributed by atoms with Crippen molar-refractivity contribution in [2.75, 3.05) is 29.6 Å². The third-order valence-electron chi connectivity index (χ3n) is 4.62. The van der Waals surface area contributed by atoms with Gasteiger partial charge in [-0.15, -0.1) is 6.58 Å². The van der Waals surface area contributed by atoms with E-state index in [0.29, 0.717) is 18.5 Å². The molecule has 1 aromatic rings. The minimum absolute atomic E-state index is 0.0342. The molecule has 7 heteroatoms. The second-order valence-corrected chi connectivity index (χ2v) is 8.79. The lowest BCUT2D eigenvalue weighted by Crippen LogP contribution is -2.41. The van der Waals surface area contributed by atoms with E-state index in [0.717, 1.165) is 24.4 Å². The molecule has 0 unspecified atom stereocenters. The molecule has 1 fully saturated rings. The molecule has 25 heavy (non-hydrogen) atoms. The smallest absolute Gasteiger partial charge is 0.254 e. The van der Waals surface area contributed by atoms with Gasteiger partial charge in [0.05, 0.1) is 17.2 Å². The number of hydrogen-bond donors (Lipinski definition) is 0. The van der Waals surface area contributed by atoms with Crippen LogP contribution in [0.3, 0.4) is 0 Å². The van der Waals surface area contributed by atoms with E-state index >= 15 is 0 Å². The fraction of sp³-hybridized carbons (Fsp3) is 0.444. The normalized spacial score (nSPS) is 21.9. The lowest BCUT2D eigenvalue weighted by Gasteiger charge is -2.27. The summed E-state index contributed by atoms with van der Waals surface area (Å²) in [5.41, 5.74) is 2.60. The van der Waals surface area contributed by atoms with Gasteiger partial charge >= 0.3 is 0 Å². The second-order valence-electron chi connectivity index (χ2n) is 6.56. The Hall–Kier alpha value is -2.15. The van der Waals surface area contributed by atoms with Crippen molar-refractivity contribution in [1.82, 2.24) is 4.90 Å². The molecule has 1 atom stereocenters. The van der Waals surface area contributed by atoms with Crippen LogP contribution in [0.25, 0.3) is 0 Å². The number of rotatable bonds is 5. The standard InChI is InChI=1S/C18H23N3O3S/c1-3-10-20(17-9-12-25(23,24)13-17)18(22)15-4-6-16(7-5-15)21-11-8-14(2)19-21/h3-7,17H,1,8-13H2,2H3/t17-/m0/s1. The SMILES string of the molecule is C=CCN(C(=O)c1ccc(N2CCC(C)=N2)cc1)[C@H]1CCS(=O)(=O)C1. The minimum atomic E-state index is -3.05. The lowest BCUT2D eigenvalue weighted by molar-refractivity contribution is 0.0720. The molecule has 1 saturated heterocycles. The van der Waals surface area contributed by atoms with Gasteiger partial charge in [0.1, 0.15) is 0 Å². The number of amides is 1. The maximum absolute atomic E-state index is 12.9. The molecule has 0 radical (unpaired) electrons. The molecule has 3 rings (SSSR count). The Bertz CT molecular complexity index is 799. The van der Waals surface area contributed by atoms with Crippen LogP contribution in [0, 0.1) is 0 Å². The largest absolute Gasteiger partial charge is 0.331 e. The van der Waals surface area contributed by atoms with Crippen molar-refractivity contribution in [2.24, 2.45) is 5.10 Å². The molecule has 0 N–H and O–H groups in total. The van der Waals surface area contributed by atoms with Gasteiger partial charge in [-0.05, 0) is 37.6 Å². The predicted molar refractivity (Wildman–Crippen MR) is 99.8 cm³/mol. The Balaban J connectivity index is 1.77. The molecule has 1 amide bonds. The molecule has 6 nitrogen and oxygen atoms in total. The Kier molecular flexibility index (Phi) is 4.94. The molecular formula is C18H23N3O3S. The average molecular weight is 361 g/mol. The number of anilines is 1. The van der Waals surface area contributed by atoms with Gasteiger partial charge in [0.2, 0.25) is 0 Å². The van der Waals surface area contributed by atoms with Crippen LogP contribution in [0.4, 0.5) is 5.69 Å². The summed E-state index contributed by atoms with van der Waals surface area (Å²) in [4.78, 5) is 14.5. The molecule has 1 aromatic carbocycles. The van der Waals surface area contributed by atoms with Crippen LogP contribution in [0.5, 0.6) is 0 Å². The molecule has 0 saturated carbocycles. The highest BCUT2D eigenvalue weighted by molar-refractivity contribution is 7.91. The van der Waals surface area contributed by atoms with Gasteiger partial charge in [0.25, 0.3) is 5.91 Å². The summed E-state index contributed by atoms with van der Waals surface area (Å²) in [7, 11) is -3.05. The molecular weight excluding hydrogens is 338 g/mol. The molecule has 0 aliphatic carbocycles. The average Bonchev–Trinajstić information content (AvgIpc) is 3.17. The van der Waals surface area contributed by atoms with Crippen molar-refractivity contribution >= 4 is 27.1 Å². The van der Waals surface area contributed by atoms with Crippen LogP contribution in [-0.2, 0) is 9.84 Å². The van der Waals surface area contributed by atoms with Crippen LogP contribution in [0.15, 0.2) is 42.0 Å². The maximum Gasteiger partial charge on any atom is 0.254 e. The van der Waals surface area contributed by atoms with E-state index in [-0.39, 0.29) is 23.5 Å². The van der Waals surface area contributed by atoms with Gasteiger partial charge in [-0.1, -0.05) is 6.08 Å². The van der Waals surface area contributed by atoms with E-state index in [1.165, 1.54) is 0 Å². The Morgan fingerprint density at radius 2 is 2.12 bits per heavy atom. The second kappa shape index (κ2) is 7.00. The van der Waals surface area contributed by atoms with Gasteiger partial charge < -0.3 is 4.90 Å². The van der Waals surface area contributed by atoms with Crippen LogP contribution < -0.4 is 5.01 Å². The third-order valence-corrected chi connectivity index (χ3v) is 6.38. The van der Waals surface area contributed by atoms with Gasteiger partial charge in [0.15, 0.2) is 9.84 Å². The first-order valence-electron chi connectivity index (χ1n) is 8.43. The molecule has 2 heterocycles. The highest BCUT2D eigenvalue weighted by Crippen LogP contribution is 2.23. The molecule has 0 spiro atoms. The van der Waals surface area contributed by atoms with Crippen molar-refractivity contribution in [3.63, 3.8) is 0 Å². The Morgan fingerprint density at radius 3 is 2.64 bits per heavy atom. The number of carbonyl (C=O) groups excluding carboxylic acids is 1. The summed E-state index contributed by atoms with van der Waals surface area (Å²) in [5, 5.41) is 6.38. The van der Waals surface area contributed by atoms with Crippen molar-refractivity contribution < 1.29 is 13.2 Å². The monoisotopic (exact) mass is 361 g/mol. The number of benzene rings is 1. The highest BCUT2D eigenvalue weighted by atomic mass is 32.2. The predicted octanol–water partition coefficient (Wildman–Crippen LogP) is 2.09. The molecule has 134 valence electrons. The van der Waals surface area contributed by atoms with Crippen molar-refractivity contribution in [3.05, 3.63) is 42.5 Å². The third kappa shape index (κ3) is 3.92. The zero-order chi connectivity index (χ0) is 18.0. The molecule has 0 bridgehead atoms. The van der Waals surface area contributed by atoms with E-state index in [2.05, 4.69) is 11.7 Å². The minimum Gasteiger partial charge on any atom is -0.331 e. The summed E-state index contributed by atoms with van der Waals surface area (Å²) in [6.45, 7) is 6.89.